The second-order valence-electron chi connectivity index (χ2n) is 4.89. The van der Waals surface area contributed by atoms with Crippen LogP contribution in [0.5, 0.6) is 5.75 Å². The smallest absolute Gasteiger partial charge is 0.296 e. The van der Waals surface area contributed by atoms with Gasteiger partial charge in [-0.3, -0.25) is 9.36 Å². The molecule has 0 fully saturated rings. The average Bonchev–Trinajstić information content (AvgIpc) is 2.55. The molecule has 1 aliphatic rings. The van der Waals surface area contributed by atoms with Crippen LogP contribution in [0.25, 0.3) is 0 Å². The van der Waals surface area contributed by atoms with Gasteiger partial charge in [-0.15, -0.1) is 0 Å². The Morgan fingerprint density at radius 3 is 2.83 bits per heavy atom. The van der Waals surface area contributed by atoms with Crippen molar-refractivity contribution in [2.24, 2.45) is 12.0 Å². The fourth-order valence-electron chi connectivity index (χ4n) is 2.00. The maximum Gasteiger partial charge on any atom is 0.296 e. The zero-order valence-electron chi connectivity index (χ0n) is 12.2. The standard InChI is InChI=1S/C16H12FN3O3/c1-20-9-19-13(14(21)16(20)22)15-18-7-6-12(23-15)8-10-2-4-11(17)5-3-10/h2-5,7,9,21H,8H2,1H3. The number of halogens is 1. The molecule has 6 nitrogen and oxygen atoms in total. The lowest BCUT2D eigenvalue weighted by Crippen LogP contribution is -2.22. The molecule has 1 aromatic carbocycles. The molecule has 1 N–H and O–H groups in total. The van der Waals surface area contributed by atoms with E-state index in [9.17, 15) is 14.3 Å². The van der Waals surface area contributed by atoms with Crippen LogP contribution in [0.3, 0.4) is 0 Å². The van der Waals surface area contributed by atoms with Gasteiger partial charge in [-0.25, -0.2) is 14.4 Å². The van der Waals surface area contributed by atoms with Gasteiger partial charge in [-0.05, 0) is 17.7 Å². The van der Waals surface area contributed by atoms with Gasteiger partial charge in [0.15, 0.2) is 11.5 Å². The molecule has 2 aromatic rings. The molecule has 2 heterocycles. The first kappa shape index (κ1) is 14.7. The Morgan fingerprint density at radius 2 is 2.09 bits per heavy atom. The molecule has 0 saturated heterocycles. The highest BCUT2D eigenvalue weighted by Gasteiger charge is 2.19. The number of rotatable bonds is 3. The van der Waals surface area contributed by atoms with E-state index in [1.54, 1.807) is 12.1 Å². The summed E-state index contributed by atoms with van der Waals surface area (Å²) in [6, 6.07) is 5.97. The van der Waals surface area contributed by atoms with Gasteiger partial charge < -0.3 is 9.84 Å². The topological polar surface area (TPSA) is 76.7 Å². The molecule has 0 radical (unpaired) electrons. The van der Waals surface area contributed by atoms with Crippen LogP contribution in [-0.4, -0.2) is 20.6 Å². The monoisotopic (exact) mass is 313 g/mol. The zero-order valence-corrected chi connectivity index (χ0v) is 12.2. The molecule has 1 aliphatic heterocycles. The third kappa shape index (κ3) is 3.04. The summed E-state index contributed by atoms with van der Waals surface area (Å²) >= 11 is 0. The van der Waals surface area contributed by atoms with Crippen molar-refractivity contribution in [3.05, 3.63) is 75.7 Å². The Labute approximate surface area is 130 Å². The van der Waals surface area contributed by atoms with E-state index in [0.717, 1.165) is 10.1 Å². The molecule has 0 atom stereocenters. The lowest BCUT2D eigenvalue weighted by atomic mass is 10.1. The van der Waals surface area contributed by atoms with Crippen molar-refractivity contribution in [3.8, 4) is 5.75 Å². The number of aryl methyl sites for hydroxylation is 1. The van der Waals surface area contributed by atoms with E-state index in [0.29, 0.717) is 12.2 Å². The highest BCUT2D eigenvalue weighted by molar-refractivity contribution is 5.95. The van der Waals surface area contributed by atoms with Crippen molar-refractivity contribution in [3.63, 3.8) is 0 Å². The summed E-state index contributed by atoms with van der Waals surface area (Å²) in [6.07, 6.45) is 3.00. The van der Waals surface area contributed by atoms with E-state index in [2.05, 4.69) is 15.7 Å². The van der Waals surface area contributed by atoms with Gasteiger partial charge in [0.05, 0.1) is 12.5 Å². The van der Waals surface area contributed by atoms with Gasteiger partial charge in [-0.2, -0.15) is 0 Å². The van der Waals surface area contributed by atoms with Gasteiger partial charge in [0.25, 0.3) is 11.5 Å². The summed E-state index contributed by atoms with van der Waals surface area (Å²) < 4.78 is 19.6. The average molecular weight is 313 g/mol. The largest absolute Gasteiger partial charge is 0.501 e. The normalized spacial score (nSPS) is 13.3. The molecule has 0 bridgehead atoms. The summed E-state index contributed by atoms with van der Waals surface area (Å²) in [5.74, 6) is -0.427. The Bertz CT molecular complexity index is 907. The molecular weight excluding hydrogens is 301 g/mol. The number of nitrogens with zero attached hydrogens (tertiary/aromatic N) is 3. The number of allylic oxidation sites excluding steroid dienone is 1. The number of aromatic nitrogens is 2. The van der Waals surface area contributed by atoms with Crippen LogP contribution in [0, 0.1) is 5.82 Å². The van der Waals surface area contributed by atoms with Crippen molar-refractivity contribution >= 4 is 5.90 Å². The van der Waals surface area contributed by atoms with Crippen LogP contribution in [0.15, 0.2) is 58.1 Å². The first-order valence-electron chi connectivity index (χ1n) is 6.73. The molecular formula is C16H12FN3O3. The number of benzene rings is 1. The van der Waals surface area contributed by atoms with Crippen LogP contribution in [0.1, 0.15) is 11.3 Å². The van der Waals surface area contributed by atoms with Gasteiger partial charge in [0.1, 0.15) is 5.82 Å². The fraction of sp³-hybridized carbons (Fsp3) is 0.125. The number of aromatic hydroxyl groups is 1. The second-order valence-corrected chi connectivity index (χ2v) is 4.89. The summed E-state index contributed by atoms with van der Waals surface area (Å²) in [7, 11) is 1.47. The minimum absolute atomic E-state index is 0.0102. The number of hydrogen-bond acceptors (Lipinski definition) is 5. The minimum atomic E-state index is -0.597. The van der Waals surface area contributed by atoms with Crippen LogP contribution < -0.4 is 5.56 Å². The van der Waals surface area contributed by atoms with Crippen LogP contribution in [0.2, 0.25) is 0 Å². The van der Waals surface area contributed by atoms with E-state index in [-0.39, 0.29) is 17.4 Å². The predicted molar refractivity (Wildman–Crippen MR) is 80.5 cm³/mol. The van der Waals surface area contributed by atoms with Gasteiger partial charge in [0, 0.05) is 13.5 Å². The number of ether oxygens (including phenoxy) is 1. The van der Waals surface area contributed by atoms with Crippen LogP contribution in [-0.2, 0) is 18.2 Å². The van der Waals surface area contributed by atoms with E-state index in [1.165, 1.54) is 31.7 Å². The maximum atomic E-state index is 12.9. The van der Waals surface area contributed by atoms with Gasteiger partial charge >= 0.3 is 0 Å². The number of hydrogen-bond donors (Lipinski definition) is 1. The highest BCUT2D eigenvalue weighted by Crippen LogP contribution is 2.17. The van der Waals surface area contributed by atoms with Crippen molar-refractivity contribution in [2.45, 2.75) is 6.42 Å². The Balaban J connectivity index is 1.83. The van der Waals surface area contributed by atoms with E-state index < -0.39 is 11.3 Å². The van der Waals surface area contributed by atoms with E-state index in [4.69, 9.17) is 4.74 Å². The second kappa shape index (κ2) is 5.90. The molecule has 0 amide bonds. The molecule has 116 valence electrons. The molecule has 0 unspecified atom stereocenters. The lowest BCUT2D eigenvalue weighted by molar-refractivity contribution is 0.392. The SMILES string of the molecule is Cn1cnc(C2=NC=C=C(Cc3ccc(F)cc3)O2)c(O)c1=O. The first-order chi connectivity index (χ1) is 11.0. The molecule has 0 spiro atoms. The quantitative estimate of drug-likeness (QED) is 0.874. The van der Waals surface area contributed by atoms with E-state index in [1.807, 2.05) is 0 Å². The van der Waals surface area contributed by atoms with E-state index >= 15 is 0 Å². The van der Waals surface area contributed by atoms with Crippen molar-refractivity contribution in [1.29, 1.82) is 0 Å². The summed E-state index contributed by atoms with van der Waals surface area (Å²) in [4.78, 5) is 19.6. The molecule has 23 heavy (non-hydrogen) atoms. The summed E-state index contributed by atoms with van der Waals surface area (Å²) in [6.45, 7) is 0. The lowest BCUT2D eigenvalue weighted by Gasteiger charge is -2.13. The highest BCUT2D eigenvalue weighted by atomic mass is 19.1. The summed E-state index contributed by atoms with van der Waals surface area (Å²) in [5.41, 5.74) is 3.01. The van der Waals surface area contributed by atoms with Crippen molar-refractivity contribution in [1.82, 2.24) is 9.55 Å². The van der Waals surface area contributed by atoms with Crippen LogP contribution in [0.4, 0.5) is 4.39 Å². The van der Waals surface area contributed by atoms with Crippen molar-refractivity contribution < 1.29 is 14.2 Å². The zero-order chi connectivity index (χ0) is 16.4. The van der Waals surface area contributed by atoms with Crippen molar-refractivity contribution in [2.75, 3.05) is 0 Å². The molecule has 7 heteroatoms. The number of aliphatic imine (C=N–C) groups is 1. The molecule has 1 aromatic heterocycles. The minimum Gasteiger partial charge on any atom is -0.501 e. The third-order valence-corrected chi connectivity index (χ3v) is 3.21. The third-order valence-electron chi connectivity index (χ3n) is 3.21. The predicted octanol–water partition coefficient (Wildman–Crippen LogP) is 1.64. The van der Waals surface area contributed by atoms with Crippen LogP contribution >= 0.6 is 0 Å². The maximum absolute atomic E-state index is 12.9. The molecule has 0 saturated carbocycles. The molecule has 3 rings (SSSR count). The Hall–Kier alpha value is -3.18. The Kier molecular flexibility index (Phi) is 3.78. The first-order valence-corrected chi connectivity index (χ1v) is 6.73. The van der Waals surface area contributed by atoms with Gasteiger partial charge in [-0.1, -0.05) is 17.9 Å². The molecule has 0 aliphatic carbocycles. The Morgan fingerprint density at radius 1 is 1.35 bits per heavy atom. The fourth-order valence-corrected chi connectivity index (χ4v) is 2.00. The summed E-state index contributed by atoms with van der Waals surface area (Å²) in [5, 5.41) is 9.90. The van der Waals surface area contributed by atoms with Gasteiger partial charge in [0.2, 0.25) is 5.75 Å².